The van der Waals surface area contributed by atoms with Gasteiger partial charge in [-0.3, -0.25) is 4.79 Å². The summed E-state index contributed by atoms with van der Waals surface area (Å²) in [6.45, 7) is 4.03. The van der Waals surface area contributed by atoms with Crippen LogP contribution >= 0.6 is 27.5 Å². The molecule has 1 N–H and O–H groups in total. The maximum Gasteiger partial charge on any atom is 0.227 e. The van der Waals surface area contributed by atoms with Crippen molar-refractivity contribution in [3.05, 3.63) is 27.7 Å². The second kappa shape index (κ2) is 6.26. The first-order valence-electron chi connectivity index (χ1n) is 5.34. The van der Waals surface area contributed by atoms with E-state index >= 15 is 0 Å². The van der Waals surface area contributed by atoms with E-state index in [1.165, 1.54) is 0 Å². The number of carbonyl (C=O) groups is 1. The summed E-state index contributed by atoms with van der Waals surface area (Å²) in [6.07, 6.45) is 1.70. The van der Waals surface area contributed by atoms with Gasteiger partial charge in [0.15, 0.2) is 0 Å². The molecule has 0 bridgehead atoms. The number of carbonyl (C=O) groups excluding carboxylic acids is 1. The Hall–Kier alpha value is -0.540. The van der Waals surface area contributed by atoms with Gasteiger partial charge in [0.2, 0.25) is 5.91 Å². The summed E-state index contributed by atoms with van der Waals surface area (Å²) in [6, 6.07) is 5.34. The lowest BCUT2D eigenvalue weighted by Gasteiger charge is -2.13. The molecule has 0 aliphatic rings. The van der Waals surface area contributed by atoms with Crippen molar-refractivity contribution in [2.24, 2.45) is 5.92 Å². The van der Waals surface area contributed by atoms with Gasteiger partial charge in [0.25, 0.3) is 0 Å². The van der Waals surface area contributed by atoms with Crippen LogP contribution in [0.15, 0.2) is 22.7 Å². The van der Waals surface area contributed by atoms with Crippen LogP contribution in [0.1, 0.15) is 26.7 Å². The summed E-state index contributed by atoms with van der Waals surface area (Å²) in [4.78, 5) is 11.9. The van der Waals surface area contributed by atoms with Gasteiger partial charge in [0.05, 0.1) is 5.69 Å². The molecule has 0 aliphatic heterocycles. The van der Waals surface area contributed by atoms with E-state index in [4.69, 9.17) is 11.6 Å². The van der Waals surface area contributed by atoms with Crippen molar-refractivity contribution >= 4 is 39.1 Å². The molecule has 0 saturated carbocycles. The van der Waals surface area contributed by atoms with Gasteiger partial charge in [-0.2, -0.15) is 0 Å². The van der Waals surface area contributed by atoms with Crippen LogP contribution in [0, 0.1) is 5.92 Å². The van der Waals surface area contributed by atoms with Crippen molar-refractivity contribution in [1.29, 1.82) is 0 Å². The van der Waals surface area contributed by atoms with E-state index in [1.807, 2.05) is 19.9 Å². The van der Waals surface area contributed by atoms with Gasteiger partial charge in [-0.05, 0) is 47.0 Å². The van der Waals surface area contributed by atoms with Crippen molar-refractivity contribution < 1.29 is 4.79 Å². The van der Waals surface area contributed by atoms with E-state index in [0.29, 0.717) is 5.02 Å². The summed E-state index contributed by atoms with van der Waals surface area (Å²) >= 11 is 9.25. The van der Waals surface area contributed by atoms with Crippen LogP contribution < -0.4 is 5.32 Å². The fraction of sp³-hybridized carbons (Fsp3) is 0.417. The fourth-order valence-corrected chi connectivity index (χ4v) is 2.01. The predicted molar refractivity (Wildman–Crippen MR) is 71.9 cm³/mol. The molecule has 0 heterocycles. The standard InChI is InChI=1S/C12H15BrClNO/c1-3-8(4-2)12(16)15-11-7-9(14)5-6-10(11)13/h5-8H,3-4H2,1-2H3,(H,15,16). The van der Waals surface area contributed by atoms with Gasteiger partial charge in [-0.1, -0.05) is 25.4 Å². The Morgan fingerprint density at radius 2 is 2.06 bits per heavy atom. The number of benzene rings is 1. The van der Waals surface area contributed by atoms with Crippen LogP contribution in [0.3, 0.4) is 0 Å². The van der Waals surface area contributed by atoms with Crippen molar-refractivity contribution in [3.8, 4) is 0 Å². The average Bonchev–Trinajstić information content (AvgIpc) is 2.25. The number of halogens is 2. The fourth-order valence-electron chi connectivity index (χ4n) is 1.49. The molecule has 1 rings (SSSR count). The monoisotopic (exact) mass is 303 g/mol. The molecule has 0 atom stereocenters. The highest BCUT2D eigenvalue weighted by atomic mass is 79.9. The Bertz CT molecular complexity index is 377. The molecule has 1 amide bonds. The summed E-state index contributed by atoms with van der Waals surface area (Å²) in [5.41, 5.74) is 0.726. The second-order valence-corrected chi connectivity index (χ2v) is 4.92. The Kier molecular flexibility index (Phi) is 5.29. The summed E-state index contributed by atoms with van der Waals surface area (Å²) in [5, 5.41) is 3.50. The maximum absolute atomic E-state index is 11.9. The largest absolute Gasteiger partial charge is 0.325 e. The highest BCUT2D eigenvalue weighted by Crippen LogP contribution is 2.26. The molecule has 0 radical (unpaired) electrons. The number of nitrogens with one attached hydrogen (secondary N) is 1. The van der Waals surface area contributed by atoms with E-state index in [-0.39, 0.29) is 11.8 Å². The van der Waals surface area contributed by atoms with Crippen molar-refractivity contribution in [2.45, 2.75) is 26.7 Å². The van der Waals surface area contributed by atoms with Crippen molar-refractivity contribution in [2.75, 3.05) is 5.32 Å². The van der Waals surface area contributed by atoms with E-state index in [2.05, 4.69) is 21.2 Å². The molecule has 88 valence electrons. The lowest BCUT2D eigenvalue weighted by atomic mass is 10.0. The minimum absolute atomic E-state index is 0.0490. The molecule has 2 nitrogen and oxygen atoms in total. The third-order valence-electron chi connectivity index (χ3n) is 2.54. The highest BCUT2D eigenvalue weighted by molar-refractivity contribution is 9.10. The number of hydrogen-bond acceptors (Lipinski definition) is 1. The molecular formula is C12H15BrClNO. The third kappa shape index (κ3) is 3.49. The topological polar surface area (TPSA) is 29.1 Å². The van der Waals surface area contributed by atoms with Crippen LogP contribution in [0.4, 0.5) is 5.69 Å². The van der Waals surface area contributed by atoms with Crippen LogP contribution in [-0.4, -0.2) is 5.91 Å². The van der Waals surface area contributed by atoms with Crippen molar-refractivity contribution in [3.63, 3.8) is 0 Å². The molecular weight excluding hydrogens is 289 g/mol. The van der Waals surface area contributed by atoms with Gasteiger partial charge < -0.3 is 5.32 Å². The summed E-state index contributed by atoms with van der Waals surface area (Å²) < 4.78 is 0.844. The maximum atomic E-state index is 11.9. The number of rotatable bonds is 4. The molecule has 1 aromatic carbocycles. The highest BCUT2D eigenvalue weighted by Gasteiger charge is 2.15. The Morgan fingerprint density at radius 3 is 2.62 bits per heavy atom. The summed E-state index contributed by atoms with van der Waals surface area (Å²) in [5.74, 6) is 0.110. The van der Waals surface area contributed by atoms with Gasteiger partial charge in [-0.25, -0.2) is 0 Å². The van der Waals surface area contributed by atoms with E-state index in [0.717, 1.165) is 23.0 Å². The first kappa shape index (κ1) is 13.5. The molecule has 0 aromatic heterocycles. The van der Waals surface area contributed by atoms with E-state index < -0.39 is 0 Å². The quantitative estimate of drug-likeness (QED) is 0.873. The molecule has 0 saturated heterocycles. The smallest absolute Gasteiger partial charge is 0.227 e. The average molecular weight is 305 g/mol. The van der Waals surface area contributed by atoms with Crippen LogP contribution in [0.25, 0.3) is 0 Å². The molecule has 0 spiro atoms. The minimum Gasteiger partial charge on any atom is -0.325 e. The second-order valence-electron chi connectivity index (χ2n) is 3.63. The van der Waals surface area contributed by atoms with E-state index in [9.17, 15) is 4.79 Å². The van der Waals surface area contributed by atoms with Crippen LogP contribution in [-0.2, 0) is 4.79 Å². The zero-order valence-corrected chi connectivity index (χ0v) is 11.7. The normalized spacial score (nSPS) is 10.6. The lowest BCUT2D eigenvalue weighted by molar-refractivity contribution is -0.120. The van der Waals surface area contributed by atoms with Crippen molar-refractivity contribution in [1.82, 2.24) is 0 Å². The van der Waals surface area contributed by atoms with E-state index in [1.54, 1.807) is 12.1 Å². The number of hydrogen-bond donors (Lipinski definition) is 1. The number of anilines is 1. The Labute approximate surface area is 110 Å². The lowest BCUT2D eigenvalue weighted by Crippen LogP contribution is -2.21. The minimum atomic E-state index is 0.0490. The SMILES string of the molecule is CCC(CC)C(=O)Nc1cc(Cl)ccc1Br. The third-order valence-corrected chi connectivity index (χ3v) is 3.47. The Morgan fingerprint density at radius 1 is 1.44 bits per heavy atom. The molecule has 0 fully saturated rings. The Balaban J connectivity index is 2.80. The van der Waals surface area contributed by atoms with Gasteiger partial charge in [-0.15, -0.1) is 0 Å². The molecule has 0 unspecified atom stereocenters. The van der Waals surface area contributed by atoms with Gasteiger partial charge in [0, 0.05) is 15.4 Å². The zero-order chi connectivity index (χ0) is 12.1. The molecule has 16 heavy (non-hydrogen) atoms. The molecule has 4 heteroatoms. The number of amides is 1. The predicted octanol–water partition coefficient (Wildman–Crippen LogP) is 4.48. The zero-order valence-electron chi connectivity index (χ0n) is 9.39. The molecule has 0 aliphatic carbocycles. The first-order chi connectivity index (χ1) is 7.58. The van der Waals surface area contributed by atoms with Crippen LogP contribution in [0.5, 0.6) is 0 Å². The first-order valence-corrected chi connectivity index (χ1v) is 6.51. The summed E-state index contributed by atoms with van der Waals surface area (Å²) in [7, 11) is 0. The van der Waals surface area contributed by atoms with Crippen LogP contribution in [0.2, 0.25) is 5.02 Å². The van der Waals surface area contributed by atoms with Gasteiger partial charge in [0.1, 0.15) is 0 Å². The molecule has 1 aromatic rings. The van der Waals surface area contributed by atoms with Gasteiger partial charge >= 0.3 is 0 Å².